The van der Waals surface area contributed by atoms with Gasteiger partial charge < -0.3 is 10.8 Å². The molecule has 0 saturated heterocycles. The normalized spacial score (nSPS) is 11.6. The number of allylic oxidation sites excluding steroid dienone is 2. The van der Waals surface area contributed by atoms with Crippen molar-refractivity contribution in [2.24, 2.45) is 5.73 Å². The number of rotatable bonds is 5. The van der Waals surface area contributed by atoms with Gasteiger partial charge in [0, 0.05) is 5.75 Å². The van der Waals surface area contributed by atoms with Crippen LogP contribution in [-0.4, -0.2) is 29.2 Å². The Labute approximate surface area is 89.6 Å². The van der Waals surface area contributed by atoms with Crippen LogP contribution < -0.4 is 5.73 Å². The van der Waals surface area contributed by atoms with Crippen molar-refractivity contribution >= 4 is 24.9 Å². The molecular weight excluding hydrogens is 202 g/mol. The van der Waals surface area contributed by atoms with Crippen LogP contribution in [-0.2, 0) is 9.59 Å². The molecule has 4 nitrogen and oxygen atoms in total. The van der Waals surface area contributed by atoms with Gasteiger partial charge in [0.05, 0.1) is 0 Å². The van der Waals surface area contributed by atoms with Crippen molar-refractivity contribution in [3.63, 3.8) is 0 Å². The summed E-state index contributed by atoms with van der Waals surface area (Å²) in [6, 6.07) is -0.816. The van der Waals surface area contributed by atoms with E-state index in [-0.39, 0.29) is 5.75 Å². The summed E-state index contributed by atoms with van der Waals surface area (Å²) in [7, 11) is 0. The lowest BCUT2D eigenvalue weighted by molar-refractivity contribution is -0.137. The molecule has 0 saturated carbocycles. The number of aldehydes is 1. The third-order valence-electron chi connectivity index (χ3n) is 1.18. The van der Waals surface area contributed by atoms with Gasteiger partial charge in [0.2, 0.25) is 0 Å². The van der Waals surface area contributed by atoms with E-state index in [1.54, 1.807) is 0 Å². The Morgan fingerprint density at radius 2 is 2.21 bits per heavy atom. The Hall–Kier alpha value is -0.810. The zero-order chi connectivity index (χ0) is 11.4. The molecule has 0 radical (unpaired) electrons. The second kappa shape index (κ2) is 12.2. The fourth-order valence-corrected chi connectivity index (χ4v) is 0.553. The van der Waals surface area contributed by atoms with Gasteiger partial charge in [0.1, 0.15) is 12.3 Å². The summed E-state index contributed by atoms with van der Waals surface area (Å²) in [5, 5.41) is 8.01. The number of aliphatic carboxylic acids is 1. The molecule has 0 aliphatic rings. The largest absolute Gasteiger partial charge is 0.480 e. The van der Waals surface area contributed by atoms with E-state index < -0.39 is 12.0 Å². The van der Waals surface area contributed by atoms with Crippen LogP contribution in [0.15, 0.2) is 12.2 Å². The molecule has 0 aromatic rings. The van der Waals surface area contributed by atoms with Crippen molar-refractivity contribution in [2.75, 3.05) is 5.75 Å². The first-order valence-electron chi connectivity index (χ1n) is 4.29. The number of nitrogens with two attached hydrogens (primary N) is 1. The van der Waals surface area contributed by atoms with E-state index in [0.717, 1.165) is 19.1 Å². The Balaban J connectivity index is 0. The maximum atomic E-state index is 9.76. The molecule has 0 unspecified atom stereocenters. The van der Waals surface area contributed by atoms with Crippen LogP contribution in [0.25, 0.3) is 0 Å². The van der Waals surface area contributed by atoms with Crippen LogP contribution in [0.3, 0.4) is 0 Å². The van der Waals surface area contributed by atoms with Gasteiger partial charge in [-0.15, -0.1) is 0 Å². The summed E-state index contributed by atoms with van der Waals surface area (Å²) in [6.07, 6.45) is 6.33. The van der Waals surface area contributed by atoms with Crippen molar-refractivity contribution < 1.29 is 14.7 Å². The van der Waals surface area contributed by atoms with Crippen molar-refractivity contribution in [1.82, 2.24) is 0 Å². The van der Waals surface area contributed by atoms with Crippen LogP contribution in [0, 0.1) is 0 Å². The quantitative estimate of drug-likeness (QED) is 0.364. The Morgan fingerprint density at radius 3 is 2.43 bits per heavy atom. The van der Waals surface area contributed by atoms with Crippen LogP contribution in [0.2, 0.25) is 0 Å². The summed E-state index contributed by atoms with van der Waals surface area (Å²) in [6.45, 7) is 2.08. The summed E-state index contributed by atoms with van der Waals surface area (Å²) in [5.41, 5.74) is 4.94. The number of carboxylic acid groups (broad SMARTS) is 1. The van der Waals surface area contributed by atoms with Gasteiger partial charge in [0.15, 0.2) is 0 Å². The van der Waals surface area contributed by atoms with Gasteiger partial charge in [-0.1, -0.05) is 19.4 Å². The van der Waals surface area contributed by atoms with Crippen molar-refractivity contribution in [1.29, 1.82) is 0 Å². The van der Waals surface area contributed by atoms with Crippen LogP contribution in [0.5, 0.6) is 0 Å². The molecule has 82 valence electrons. The van der Waals surface area contributed by atoms with E-state index >= 15 is 0 Å². The highest BCUT2D eigenvalue weighted by atomic mass is 32.1. The fourth-order valence-electron chi connectivity index (χ4n) is 0.397. The molecule has 0 bridgehead atoms. The predicted octanol–water partition coefficient (Wildman–Crippen LogP) is 0.870. The molecule has 0 amide bonds. The Kier molecular flexibility index (Phi) is 13.6. The number of hydrogen-bond donors (Lipinski definition) is 3. The average Bonchev–Trinajstić information content (AvgIpc) is 2.18. The van der Waals surface area contributed by atoms with Gasteiger partial charge in [-0.2, -0.15) is 12.6 Å². The molecule has 0 spiro atoms. The number of carbonyl (C=O) groups excluding carboxylic acids is 1. The number of thiol groups is 1. The van der Waals surface area contributed by atoms with Crippen molar-refractivity contribution in [3.8, 4) is 0 Å². The average molecular weight is 219 g/mol. The first-order valence-corrected chi connectivity index (χ1v) is 4.92. The van der Waals surface area contributed by atoms with Gasteiger partial charge in [-0.25, -0.2) is 0 Å². The lowest BCUT2D eigenvalue weighted by Gasteiger charge is -1.96. The smallest absolute Gasteiger partial charge is 0.321 e. The number of carbonyl (C=O) groups is 2. The highest BCUT2D eigenvalue weighted by molar-refractivity contribution is 7.80. The molecule has 0 aliphatic carbocycles. The third kappa shape index (κ3) is 13.8. The second-order valence-electron chi connectivity index (χ2n) is 2.48. The minimum Gasteiger partial charge on any atom is -0.480 e. The number of carboxylic acids is 1. The lowest BCUT2D eigenvalue weighted by Crippen LogP contribution is -2.31. The zero-order valence-corrected chi connectivity index (χ0v) is 9.11. The molecule has 0 aromatic heterocycles. The van der Waals surface area contributed by atoms with E-state index in [0.29, 0.717) is 0 Å². The predicted molar refractivity (Wildman–Crippen MR) is 59.6 cm³/mol. The third-order valence-corrected chi connectivity index (χ3v) is 1.58. The van der Waals surface area contributed by atoms with Gasteiger partial charge in [-0.3, -0.25) is 9.59 Å². The minimum absolute atomic E-state index is 0.190. The number of hydrogen-bond acceptors (Lipinski definition) is 4. The maximum Gasteiger partial charge on any atom is 0.321 e. The molecule has 14 heavy (non-hydrogen) atoms. The van der Waals surface area contributed by atoms with E-state index in [4.69, 9.17) is 10.8 Å². The van der Waals surface area contributed by atoms with Crippen LogP contribution in [0.4, 0.5) is 0 Å². The standard InChI is InChI=1S/C6H10O.C3H7NO2S/c1-2-3-4-5-6-7;4-2(1-7)3(5)6/h4-6H,2-3H2,1H3;2,7H,1,4H2,(H,5,6)/b5-4+;/t;2-/m.0/s1. The van der Waals surface area contributed by atoms with Crippen LogP contribution >= 0.6 is 12.6 Å². The second-order valence-corrected chi connectivity index (χ2v) is 2.85. The number of unbranched alkanes of at least 4 members (excludes halogenated alkanes) is 1. The molecule has 1 atom stereocenters. The van der Waals surface area contributed by atoms with Gasteiger partial charge in [0.25, 0.3) is 0 Å². The summed E-state index contributed by atoms with van der Waals surface area (Å²) >= 11 is 3.65. The van der Waals surface area contributed by atoms with Crippen LogP contribution in [0.1, 0.15) is 19.8 Å². The molecular formula is C9H17NO3S. The molecule has 5 heteroatoms. The van der Waals surface area contributed by atoms with Gasteiger partial charge >= 0.3 is 5.97 Å². The van der Waals surface area contributed by atoms with E-state index in [1.807, 2.05) is 6.08 Å². The summed E-state index contributed by atoms with van der Waals surface area (Å²) < 4.78 is 0. The zero-order valence-electron chi connectivity index (χ0n) is 8.22. The minimum atomic E-state index is -1.00. The first-order chi connectivity index (χ1) is 6.59. The van der Waals surface area contributed by atoms with Crippen molar-refractivity contribution in [3.05, 3.63) is 12.2 Å². The monoisotopic (exact) mass is 219 g/mol. The fraction of sp³-hybridized carbons (Fsp3) is 0.556. The topological polar surface area (TPSA) is 80.4 Å². The lowest BCUT2D eigenvalue weighted by atomic mass is 10.3. The molecule has 0 aromatic carbocycles. The van der Waals surface area contributed by atoms with E-state index in [2.05, 4.69) is 19.6 Å². The van der Waals surface area contributed by atoms with Crippen molar-refractivity contribution in [2.45, 2.75) is 25.8 Å². The molecule has 3 N–H and O–H groups in total. The van der Waals surface area contributed by atoms with E-state index in [9.17, 15) is 9.59 Å². The van der Waals surface area contributed by atoms with E-state index in [1.165, 1.54) is 6.08 Å². The van der Waals surface area contributed by atoms with Gasteiger partial charge in [-0.05, 0) is 12.5 Å². The molecule has 0 rings (SSSR count). The SMILES string of the molecule is CCC/C=C/C=O.N[C@@H](CS)C(=O)O. The highest BCUT2D eigenvalue weighted by Crippen LogP contribution is 1.85. The Bertz CT molecular complexity index is 183. The summed E-state index contributed by atoms with van der Waals surface area (Å²) in [4.78, 5) is 19.3. The molecule has 0 fully saturated rings. The molecule has 0 heterocycles. The highest BCUT2D eigenvalue weighted by Gasteiger charge is 2.06. The summed E-state index contributed by atoms with van der Waals surface area (Å²) in [5.74, 6) is -0.815. The maximum absolute atomic E-state index is 9.76. The first kappa shape index (κ1) is 15.7. The Morgan fingerprint density at radius 1 is 1.64 bits per heavy atom. The molecule has 0 aliphatic heterocycles.